The van der Waals surface area contributed by atoms with Crippen LogP contribution >= 0.6 is 11.6 Å². The van der Waals surface area contributed by atoms with Crippen molar-refractivity contribution in [3.63, 3.8) is 0 Å². The highest BCUT2D eigenvalue weighted by molar-refractivity contribution is 6.31. The van der Waals surface area contributed by atoms with E-state index in [1.807, 2.05) is 30.3 Å². The quantitative estimate of drug-likeness (QED) is 0.709. The van der Waals surface area contributed by atoms with E-state index in [4.69, 9.17) is 16.1 Å². The molecular formula is C18H13ClFN3O2. The average Bonchev–Trinajstić information content (AvgIpc) is 3.25. The third-order valence-electron chi connectivity index (χ3n) is 4.15. The van der Waals surface area contributed by atoms with Gasteiger partial charge in [0.05, 0.1) is 11.6 Å². The van der Waals surface area contributed by atoms with Crippen LogP contribution in [0, 0.1) is 5.82 Å². The number of carbonyl (C=O) groups is 1. The van der Waals surface area contributed by atoms with Crippen LogP contribution in [0.15, 0.2) is 53.1 Å². The molecule has 1 saturated heterocycles. The summed E-state index contributed by atoms with van der Waals surface area (Å²) in [5, 5.41) is 4.35. The molecule has 1 unspecified atom stereocenters. The van der Waals surface area contributed by atoms with Gasteiger partial charge < -0.3 is 9.42 Å². The lowest BCUT2D eigenvalue weighted by atomic mass is 10.1. The summed E-state index contributed by atoms with van der Waals surface area (Å²) in [6.07, 6.45) is 0.183. The Morgan fingerprint density at radius 1 is 1.20 bits per heavy atom. The largest absolute Gasteiger partial charge is 0.339 e. The molecule has 2 heterocycles. The summed E-state index contributed by atoms with van der Waals surface area (Å²) in [7, 11) is 0. The van der Waals surface area contributed by atoms with E-state index in [2.05, 4.69) is 10.1 Å². The van der Waals surface area contributed by atoms with Crippen molar-refractivity contribution in [2.75, 3.05) is 11.4 Å². The van der Waals surface area contributed by atoms with Gasteiger partial charge in [0.25, 0.3) is 0 Å². The number of nitrogens with zero attached hydrogens (tertiary/aromatic N) is 3. The molecule has 0 saturated carbocycles. The number of amides is 1. The Morgan fingerprint density at radius 3 is 2.80 bits per heavy atom. The molecule has 1 atom stereocenters. The van der Waals surface area contributed by atoms with Gasteiger partial charge >= 0.3 is 0 Å². The number of halogens is 2. The van der Waals surface area contributed by atoms with E-state index in [0.29, 0.717) is 16.7 Å². The molecule has 1 aliphatic heterocycles. The maximum atomic E-state index is 14.0. The maximum Gasteiger partial charge on any atom is 0.232 e. The molecule has 25 heavy (non-hydrogen) atoms. The van der Waals surface area contributed by atoms with Crippen LogP contribution in [0.1, 0.15) is 18.2 Å². The van der Waals surface area contributed by atoms with Crippen molar-refractivity contribution in [3.8, 4) is 11.4 Å². The van der Waals surface area contributed by atoms with E-state index in [9.17, 15) is 9.18 Å². The standard InChI is InChI=1S/C18H13ClFN3O2/c19-13-6-7-14(20)15(9-13)23-10-12(8-16(23)24)18-21-17(22-25-18)11-4-2-1-3-5-11/h1-7,9,12H,8,10H2. The smallest absolute Gasteiger partial charge is 0.232 e. The van der Waals surface area contributed by atoms with Gasteiger partial charge in [0, 0.05) is 23.6 Å². The van der Waals surface area contributed by atoms with Crippen molar-refractivity contribution in [3.05, 3.63) is 65.3 Å². The van der Waals surface area contributed by atoms with Gasteiger partial charge in [-0.25, -0.2) is 4.39 Å². The second kappa shape index (κ2) is 6.29. The van der Waals surface area contributed by atoms with Crippen LogP contribution in [-0.2, 0) is 4.79 Å². The fourth-order valence-corrected chi connectivity index (χ4v) is 3.07. The predicted octanol–water partition coefficient (Wildman–Crippen LogP) is 4.05. The lowest BCUT2D eigenvalue weighted by molar-refractivity contribution is -0.117. The fraction of sp³-hybridized carbons (Fsp3) is 0.167. The van der Waals surface area contributed by atoms with Crippen molar-refractivity contribution in [2.24, 2.45) is 0 Å². The molecule has 5 nitrogen and oxygen atoms in total. The second-order valence-electron chi connectivity index (χ2n) is 5.82. The Labute approximate surface area is 148 Å². The Morgan fingerprint density at radius 2 is 2.00 bits per heavy atom. The number of anilines is 1. The van der Waals surface area contributed by atoms with Gasteiger partial charge in [-0.3, -0.25) is 4.79 Å². The van der Waals surface area contributed by atoms with E-state index in [-0.39, 0.29) is 30.5 Å². The predicted molar refractivity (Wildman–Crippen MR) is 90.9 cm³/mol. The lowest BCUT2D eigenvalue weighted by Gasteiger charge is -2.17. The molecule has 1 fully saturated rings. The second-order valence-corrected chi connectivity index (χ2v) is 6.26. The molecule has 3 aromatic rings. The van der Waals surface area contributed by atoms with Crippen molar-refractivity contribution in [1.29, 1.82) is 0 Å². The Bertz CT molecular complexity index is 929. The molecule has 0 bridgehead atoms. The first-order valence-electron chi connectivity index (χ1n) is 7.76. The Hall–Kier alpha value is -2.73. The van der Waals surface area contributed by atoms with Crippen LogP contribution in [0.5, 0.6) is 0 Å². The zero-order chi connectivity index (χ0) is 17.4. The Balaban J connectivity index is 1.59. The zero-order valence-corrected chi connectivity index (χ0v) is 13.8. The Kier molecular flexibility index (Phi) is 3.97. The summed E-state index contributed by atoms with van der Waals surface area (Å²) in [5.41, 5.74) is 1.00. The molecule has 0 N–H and O–H groups in total. The van der Waals surface area contributed by atoms with Gasteiger partial charge in [-0.05, 0) is 18.2 Å². The fourth-order valence-electron chi connectivity index (χ4n) is 2.90. The molecule has 2 aromatic carbocycles. The van der Waals surface area contributed by atoms with Gasteiger partial charge in [0.15, 0.2) is 0 Å². The first kappa shape index (κ1) is 15.8. The average molecular weight is 358 g/mol. The highest BCUT2D eigenvalue weighted by Crippen LogP contribution is 2.34. The number of hydrogen-bond acceptors (Lipinski definition) is 4. The third-order valence-corrected chi connectivity index (χ3v) is 4.38. The number of hydrogen-bond donors (Lipinski definition) is 0. The lowest BCUT2D eigenvalue weighted by Crippen LogP contribution is -2.25. The number of benzene rings is 2. The monoisotopic (exact) mass is 357 g/mol. The van der Waals surface area contributed by atoms with Gasteiger partial charge in [-0.15, -0.1) is 0 Å². The van der Waals surface area contributed by atoms with E-state index in [1.165, 1.54) is 23.1 Å². The summed E-state index contributed by atoms with van der Waals surface area (Å²) in [6.45, 7) is 0.270. The van der Waals surface area contributed by atoms with Crippen LogP contribution in [0.25, 0.3) is 11.4 Å². The zero-order valence-electron chi connectivity index (χ0n) is 13.0. The molecule has 1 aromatic heterocycles. The molecule has 0 radical (unpaired) electrons. The van der Waals surface area contributed by atoms with Gasteiger partial charge in [-0.1, -0.05) is 47.1 Å². The molecule has 126 valence electrons. The summed E-state index contributed by atoms with van der Waals surface area (Å²) in [5.74, 6) is -0.136. The van der Waals surface area contributed by atoms with Crippen molar-refractivity contribution in [1.82, 2.24) is 10.1 Å². The van der Waals surface area contributed by atoms with Crippen LogP contribution < -0.4 is 4.90 Å². The molecular weight excluding hydrogens is 345 g/mol. The van der Waals surface area contributed by atoms with Crippen molar-refractivity contribution < 1.29 is 13.7 Å². The van der Waals surface area contributed by atoms with Crippen LogP contribution in [-0.4, -0.2) is 22.6 Å². The topological polar surface area (TPSA) is 59.2 Å². The first-order valence-corrected chi connectivity index (χ1v) is 8.14. The van der Waals surface area contributed by atoms with Gasteiger partial charge in [-0.2, -0.15) is 4.98 Å². The highest BCUT2D eigenvalue weighted by atomic mass is 35.5. The third kappa shape index (κ3) is 3.00. The van der Waals surface area contributed by atoms with Gasteiger partial charge in [0.2, 0.25) is 17.6 Å². The summed E-state index contributed by atoms with van der Waals surface area (Å²) < 4.78 is 19.4. The van der Waals surface area contributed by atoms with E-state index < -0.39 is 5.82 Å². The molecule has 0 spiro atoms. The summed E-state index contributed by atoms with van der Waals surface area (Å²) in [4.78, 5) is 18.1. The van der Waals surface area contributed by atoms with E-state index >= 15 is 0 Å². The van der Waals surface area contributed by atoms with E-state index in [0.717, 1.165) is 5.56 Å². The minimum atomic E-state index is -0.492. The maximum absolute atomic E-state index is 14.0. The SMILES string of the molecule is O=C1CC(c2nc(-c3ccccc3)no2)CN1c1cc(Cl)ccc1F. The molecule has 1 aliphatic rings. The van der Waals surface area contributed by atoms with Crippen molar-refractivity contribution in [2.45, 2.75) is 12.3 Å². The van der Waals surface area contributed by atoms with Crippen LogP contribution in [0.3, 0.4) is 0 Å². The van der Waals surface area contributed by atoms with Crippen LogP contribution in [0.4, 0.5) is 10.1 Å². The first-order chi connectivity index (χ1) is 12.1. The number of aromatic nitrogens is 2. The van der Waals surface area contributed by atoms with Gasteiger partial charge in [0.1, 0.15) is 5.82 Å². The minimum Gasteiger partial charge on any atom is -0.339 e. The molecule has 4 rings (SSSR count). The van der Waals surface area contributed by atoms with E-state index in [1.54, 1.807) is 0 Å². The highest BCUT2D eigenvalue weighted by Gasteiger charge is 2.36. The van der Waals surface area contributed by atoms with Crippen molar-refractivity contribution >= 4 is 23.2 Å². The number of rotatable bonds is 3. The summed E-state index contributed by atoms with van der Waals surface area (Å²) in [6, 6.07) is 13.6. The molecule has 7 heteroatoms. The minimum absolute atomic E-state index is 0.169. The normalized spacial score (nSPS) is 17.3. The van der Waals surface area contributed by atoms with Crippen LogP contribution in [0.2, 0.25) is 5.02 Å². The molecule has 1 amide bonds. The molecule has 0 aliphatic carbocycles. The number of carbonyl (C=O) groups excluding carboxylic acids is 1. The summed E-state index contributed by atoms with van der Waals surface area (Å²) >= 11 is 5.92.